The van der Waals surface area contributed by atoms with Crippen LogP contribution in [0.15, 0.2) is 36.4 Å². The first-order valence-corrected chi connectivity index (χ1v) is 6.92. The van der Waals surface area contributed by atoms with Crippen molar-refractivity contribution in [1.82, 2.24) is 0 Å². The van der Waals surface area contributed by atoms with Crippen molar-refractivity contribution in [2.75, 3.05) is 0 Å². The first-order chi connectivity index (χ1) is 11.0. The molecule has 0 radical (unpaired) electrons. The lowest BCUT2D eigenvalue weighted by atomic mass is 10.1. The highest BCUT2D eigenvalue weighted by Gasteiger charge is 2.08. The Morgan fingerprint density at radius 3 is 2.26 bits per heavy atom. The van der Waals surface area contributed by atoms with Gasteiger partial charge in [-0.25, -0.2) is 13.2 Å². The summed E-state index contributed by atoms with van der Waals surface area (Å²) in [6, 6.07) is 7.82. The molecule has 0 heterocycles. The van der Waals surface area contributed by atoms with Crippen LogP contribution < -0.4 is 0 Å². The third kappa shape index (κ3) is 4.02. The fourth-order valence-corrected chi connectivity index (χ4v) is 1.88. The third-order valence-electron chi connectivity index (χ3n) is 3.03. The van der Waals surface area contributed by atoms with Gasteiger partial charge < -0.3 is 0 Å². The normalized spacial score (nSPS) is 10.2. The molecule has 0 saturated heterocycles. The number of nitrogens with zero attached hydrogens (tertiary/aromatic N) is 1. The van der Waals surface area contributed by atoms with Gasteiger partial charge in [-0.2, -0.15) is 5.26 Å². The van der Waals surface area contributed by atoms with E-state index in [1.54, 1.807) is 18.2 Å². The van der Waals surface area contributed by atoms with Crippen LogP contribution in [0.3, 0.4) is 0 Å². The third-order valence-corrected chi connectivity index (χ3v) is 3.03. The zero-order valence-electron chi connectivity index (χ0n) is 12.3. The summed E-state index contributed by atoms with van der Waals surface area (Å²) in [6.07, 6.45) is 4.17. The molecule has 2 aromatic rings. The van der Waals surface area contributed by atoms with Gasteiger partial charge in [0.05, 0.1) is 11.1 Å². The second-order valence-corrected chi connectivity index (χ2v) is 4.73. The summed E-state index contributed by atoms with van der Waals surface area (Å²) in [4.78, 5) is 0. The molecular formula is C19H12F3N. The molecule has 4 heteroatoms. The Kier molecular flexibility index (Phi) is 5.23. The highest BCUT2D eigenvalue weighted by Crippen LogP contribution is 2.16. The highest BCUT2D eigenvalue weighted by atomic mass is 19.1. The van der Waals surface area contributed by atoms with Gasteiger partial charge in [-0.15, -0.1) is 0 Å². The van der Waals surface area contributed by atoms with Crippen LogP contribution >= 0.6 is 0 Å². The molecule has 0 aliphatic carbocycles. The fourth-order valence-electron chi connectivity index (χ4n) is 1.88. The zero-order valence-corrected chi connectivity index (χ0v) is 12.3. The molecule has 0 fully saturated rings. The number of allylic oxidation sites excluding steroid dienone is 1. The Bertz CT molecular complexity index is 841. The Hall–Kier alpha value is -2.98. The molecule has 1 nitrogen and oxygen atoms in total. The SMILES string of the molecule is CCC=Cc1cc(F)c(C#Cc2ccc(C#N)c(F)c2)c(F)c1. The summed E-state index contributed by atoms with van der Waals surface area (Å²) in [5.41, 5.74) is 0.162. The zero-order chi connectivity index (χ0) is 16.8. The van der Waals surface area contributed by atoms with Gasteiger partial charge in [-0.05, 0) is 42.3 Å². The summed E-state index contributed by atoms with van der Waals surface area (Å²) in [5.74, 6) is 2.60. The lowest BCUT2D eigenvalue weighted by molar-refractivity contribution is 0.577. The topological polar surface area (TPSA) is 23.8 Å². The van der Waals surface area contributed by atoms with E-state index >= 15 is 0 Å². The highest BCUT2D eigenvalue weighted by molar-refractivity contribution is 5.53. The molecule has 114 valence electrons. The summed E-state index contributed by atoms with van der Waals surface area (Å²) < 4.78 is 41.4. The summed E-state index contributed by atoms with van der Waals surface area (Å²) in [5, 5.41) is 8.65. The summed E-state index contributed by atoms with van der Waals surface area (Å²) in [6.45, 7) is 1.92. The average Bonchev–Trinajstić information content (AvgIpc) is 2.52. The Morgan fingerprint density at radius 2 is 1.70 bits per heavy atom. The van der Waals surface area contributed by atoms with E-state index in [9.17, 15) is 13.2 Å². The minimum absolute atomic E-state index is 0.111. The number of hydrogen-bond acceptors (Lipinski definition) is 1. The molecule has 23 heavy (non-hydrogen) atoms. The van der Waals surface area contributed by atoms with E-state index in [0.717, 1.165) is 12.5 Å². The molecule has 2 rings (SSSR count). The van der Waals surface area contributed by atoms with E-state index in [-0.39, 0.29) is 16.7 Å². The predicted octanol–water partition coefficient (Wildman–Crippen LogP) is 4.80. The van der Waals surface area contributed by atoms with Gasteiger partial charge in [-0.1, -0.05) is 30.9 Å². The molecule has 0 N–H and O–H groups in total. The van der Waals surface area contributed by atoms with Gasteiger partial charge in [0.1, 0.15) is 23.5 Å². The van der Waals surface area contributed by atoms with Gasteiger partial charge in [0.15, 0.2) is 0 Å². The van der Waals surface area contributed by atoms with E-state index in [1.807, 2.05) is 6.92 Å². The first kappa shape index (κ1) is 16.4. The minimum atomic E-state index is -0.776. The molecule has 2 aromatic carbocycles. The quantitative estimate of drug-likeness (QED) is 0.731. The maximum atomic E-state index is 13.9. The maximum absolute atomic E-state index is 13.9. The molecule has 0 amide bonds. The molecule has 0 spiro atoms. The van der Waals surface area contributed by atoms with Crippen molar-refractivity contribution in [3.63, 3.8) is 0 Å². The van der Waals surface area contributed by atoms with Crippen molar-refractivity contribution >= 4 is 6.08 Å². The molecule has 0 aliphatic rings. The lowest BCUT2D eigenvalue weighted by Crippen LogP contribution is -1.92. The van der Waals surface area contributed by atoms with Crippen molar-refractivity contribution in [3.05, 3.63) is 76.1 Å². The van der Waals surface area contributed by atoms with Crippen LogP contribution in [0, 0.1) is 40.6 Å². The average molecular weight is 311 g/mol. The lowest BCUT2D eigenvalue weighted by Gasteiger charge is -2.00. The molecule has 0 aliphatic heterocycles. The van der Waals surface area contributed by atoms with Crippen LogP contribution in [0.1, 0.15) is 35.6 Å². The number of benzene rings is 2. The predicted molar refractivity (Wildman–Crippen MR) is 82.8 cm³/mol. The van der Waals surface area contributed by atoms with Crippen LogP contribution in [-0.2, 0) is 0 Å². The number of halogens is 3. The molecular weight excluding hydrogens is 299 g/mol. The standard InChI is InChI=1S/C19H12F3N/c1-2-3-4-14-10-18(21)16(19(22)11-14)8-6-13-5-7-15(12-23)17(20)9-13/h3-5,7,9-11H,2H2,1H3. The second-order valence-electron chi connectivity index (χ2n) is 4.73. The molecule has 0 saturated carbocycles. The van der Waals surface area contributed by atoms with Gasteiger partial charge in [0, 0.05) is 5.56 Å². The first-order valence-electron chi connectivity index (χ1n) is 6.92. The molecule has 0 atom stereocenters. The van der Waals surface area contributed by atoms with Crippen molar-refractivity contribution in [3.8, 4) is 17.9 Å². The van der Waals surface area contributed by atoms with E-state index in [0.29, 0.717) is 5.56 Å². The van der Waals surface area contributed by atoms with Crippen LogP contribution in [0.25, 0.3) is 6.08 Å². The Morgan fingerprint density at radius 1 is 1.00 bits per heavy atom. The molecule has 0 aromatic heterocycles. The van der Waals surface area contributed by atoms with Crippen LogP contribution in [0.2, 0.25) is 0 Å². The fraction of sp³-hybridized carbons (Fsp3) is 0.105. The van der Waals surface area contributed by atoms with E-state index in [4.69, 9.17) is 5.26 Å². The van der Waals surface area contributed by atoms with Crippen molar-refractivity contribution in [2.45, 2.75) is 13.3 Å². The van der Waals surface area contributed by atoms with Crippen molar-refractivity contribution < 1.29 is 13.2 Å². The Balaban J connectivity index is 2.36. The number of rotatable bonds is 2. The van der Waals surface area contributed by atoms with Crippen LogP contribution in [0.4, 0.5) is 13.2 Å². The van der Waals surface area contributed by atoms with Crippen molar-refractivity contribution in [1.29, 1.82) is 5.26 Å². The van der Waals surface area contributed by atoms with E-state index < -0.39 is 17.5 Å². The largest absolute Gasteiger partial charge is 0.206 e. The van der Waals surface area contributed by atoms with Gasteiger partial charge in [0.2, 0.25) is 0 Å². The van der Waals surface area contributed by atoms with Crippen molar-refractivity contribution in [2.24, 2.45) is 0 Å². The number of nitriles is 1. The molecule has 0 bridgehead atoms. The monoisotopic (exact) mass is 311 g/mol. The van der Waals surface area contributed by atoms with Gasteiger partial charge >= 0.3 is 0 Å². The number of hydrogen-bond donors (Lipinski definition) is 0. The van der Waals surface area contributed by atoms with E-state index in [2.05, 4.69) is 11.8 Å². The van der Waals surface area contributed by atoms with Gasteiger partial charge in [-0.3, -0.25) is 0 Å². The van der Waals surface area contributed by atoms with Gasteiger partial charge in [0.25, 0.3) is 0 Å². The smallest absolute Gasteiger partial charge is 0.142 e. The summed E-state index contributed by atoms with van der Waals surface area (Å²) >= 11 is 0. The maximum Gasteiger partial charge on any atom is 0.142 e. The van der Waals surface area contributed by atoms with Crippen LogP contribution in [-0.4, -0.2) is 0 Å². The van der Waals surface area contributed by atoms with E-state index in [1.165, 1.54) is 24.3 Å². The Labute approximate surface area is 132 Å². The summed E-state index contributed by atoms with van der Waals surface area (Å²) in [7, 11) is 0. The minimum Gasteiger partial charge on any atom is -0.206 e. The molecule has 0 unspecified atom stereocenters. The second kappa shape index (κ2) is 7.33. The van der Waals surface area contributed by atoms with Crippen LogP contribution in [0.5, 0.6) is 0 Å².